The molecule has 20 heavy (non-hydrogen) atoms. The zero-order valence-electron chi connectivity index (χ0n) is 12.1. The van der Waals surface area contributed by atoms with Gasteiger partial charge in [0.1, 0.15) is 12.7 Å². The van der Waals surface area contributed by atoms with Gasteiger partial charge in [-0.3, -0.25) is 10.1 Å². The third kappa shape index (κ3) is 6.60. The molecule has 1 aliphatic rings. The van der Waals surface area contributed by atoms with Gasteiger partial charge in [0.15, 0.2) is 0 Å². The monoisotopic (exact) mass is 289 g/mol. The van der Waals surface area contributed by atoms with Crippen LogP contribution in [0.25, 0.3) is 0 Å². The summed E-state index contributed by atoms with van der Waals surface area (Å²) in [4.78, 5) is 12.3. The molecule has 0 aliphatic carbocycles. The largest absolute Gasteiger partial charge is 0.599 e. The van der Waals surface area contributed by atoms with Crippen LogP contribution in [0, 0.1) is 5.21 Å². The van der Waals surface area contributed by atoms with Crippen LogP contribution in [0.3, 0.4) is 0 Å². The Morgan fingerprint density at radius 1 is 1.45 bits per heavy atom. The highest BCUT2D eigenvalue weighted by Gasteiger charge is 2.23. The Labute approximate surface area is 119 Å². The first-order valence-corrected chi connectivity index (χ1v) is 7.12. The smallest absolute Gasteiger partial charge is 0.239 e. The predicted molar refractivity (Wildman–Crippen MR) is 75.2 cm³/mol. The van der Waals surface area contributed by atoms with Crippen molar-refractivity contribution in [3.8, 4) is 0 Å². The lowest BCUT2D eigenvalue weighted by Gasteiger charge is -2.31. The minimum Gasteiger partial charge on any atom is -0.599 e. The van der Waals surface area contributed by atoms with Crippen LogP contribution in [0.1, 0.15) is 25.7 Å². The molecule has 0 aromatic rings. The summed E-state index contributed by atoms with van der Waals surface area (Å²) in [6, 6.07) is -0.468. The van der Waals surface area contributed by atoms with E-state index in [4.69, 9.17) is 16.7 Å². The van der Waals surface area contributed by atoms with Gasteiger partial charge >= 0.3 is 0 Å². The minimum absolute atomic E-state index is 0.0194. The number of nitrogens with one attached hydrogen (secondary N) is 1. The second-order valence-corrected chi connectivity index (χ2v) is 5.58. The van der Waals surface area contributed by atoms with Gasteiger partial charge in [-0.25, -0.2) is 10.0 Å². The van der Waals surface area contributed by atoms with Gasteiger partial charge in [0, 0.05) is 13.1 Å². The van der Waals surface area contributed by atoms with E-state index in [1.54, 1.807) is 0 Å². The van der Waals surface area contributed by atoms with Crippen LogP contribution >= 0.6 is 0 Å². The third-order valence-corrected chi connectivity index (χ3v) is 3.37. The fourth-order valence-corrected chi connectivity index (χ4v) is 2.33. The Kier molecular flexibility index (Phi) is 6.80. The lowest BCUT2D eigenvalue weighted by molar-refractivity contribution is -1.05. The summed E-state index contributed by atoms with van der Waals surface area (Å²) in [5, 5.41) is 22.9. The molecule has 2 unspecified atom stereocenters. The van der Waals surface area contributed by atoms with Crippen molar-refractivity contribution in [2.45, 2.75) is 37.9 Å². The molecular formula is C12H27N5O3. The highest BCUT2D eigenvalue weighted by molar-refractivity contribution is 5.81. The molecule has 1 amide bonds. The molecule has 1 saturated heterocycles. The van der Waals surface area contributed by atoms with Gasteiger partial charge in [0.25, 0.3) is 0 Å². The van der Waals surface area contributed by atoms with E-state index < -0.39 is 17.0 Å². The molecule has 1 aliphatic heterocycles. The zero-order valence-corrected chi connectivity index (χ0v) is 12.1. The van der Waals surface area contributed by atoms with Gasteiger partial charge in [-0.05, 0) is 32.2 Å². The van der Waals surface area contributed by atoms with E-state index in [1.807, 2.05) is 4.90 Å². The Hall–Kier alpha value is -0.770. The molecule has 1 fully saturated rings. The number of carbonyl (C=O) groups excluding carboxylic acids is 1. The molecule has 0 bridgehead atoms. The van der Waals surface area contributed by atoms with Crippen molar-refractivity contribution in [2.24, 2.45) is 11.5 Å². The summed E-state index contributed by atoms with van der Waals surface area (Å²) in [6.45, 7) is 2.05. The van der Waals surface area contributed by atoms with Crippen LogP contribution in [-0.2, 0) is 4.79 Å². The maximum atomic E-state index is 11.9. The lowest BCUT2D eigenvalue weighted by atomic mass is 10.1. The molecule has 0 radical (unpaired) electrons. The van der Waals surface area contributed by atoms with Gasteiger partial charge in [0.05, 0.1) is 13.1 Å². The number of hydrogen-bond acceptors (Lipinski definition) is 6. The number of hydroxylamine groups is 4. The van der Waals surface area contributed by atoms with Crippen LogP contribution in [0.4, 0.5) is 0 Å². The summed E-state index contributed by atoms with van der Waals surface area (Å²) in [5.74, 6) is 0.0194. The third-order valence-electron chi connectivity index (χ3n) is 3.37. The van der Waals surface area contributed by atoms with E-state index in [-0.39, 0.29) is 12.5 Å². The van der Waals surface area contributed by atoms with Crippen LogP contribution in [-0.4, -0.2) is 66.3 Å². The van der Waals surface area contributed by atoms with Crippen LogP contribution in [0.2, 0.25) is 0 Å². The molecule has 1 heterocycles. The Morgan fingerprint density at radius 2 is 2.05 bits per heavy atom. The number of rotatable bonds is 8. The van der Waals surface area contributed by atoms with Crippen LogP contribution in [0.15, 0.2) is 0 Å². The molecular weight excluding hydrogens is 262 g/mol. The zero-order chi connectivity index (χ0) is 15.2. The fraction of sp³-hybridized carbons (Fsp3) is 0.917. The summed E-state index contributed by atoms with van der Waals surface area (Å²) in [6.07, 6.45) is 2.82. The second-order valence-electron chi connectivity index (χ2n) is 5.58. The molecule has 0 saturated carbocycles. The van der Waals surface area contributed by atoms with Gasteiger partial charge in [0.2, 0.25) is 5.91 Å². The minimum atomic E-state index is -1.42. The van der Waals surface area contributed by atoms with E-state index in [0.717, 1.165) is 33.0 Å². The molecule has 6 N–H and O–H groups in total. The Bertz CT molecular complexity index is 302. The van der Waals surface area contributed by atoms with E-state index in [2.05, 4.69) is 5.32 Å². The number of likely N-dealkylation sites (tertiary alicyclic amines) is 1. The highest BCUT2D eigenvalue weighted by atomic mass is 16.8. The number of hydrogen-bond donors (Lipinski definition) is 4. The van der Waals surface area contributed by atoms with Crippen LogP contribution in [0.5, 0.6) is 0 Å². The first kappa shape index (κ1) is 17.3. The number of nitrogens with two attached hydrogens (primary N) is 2. The summed E-state index contributed by atoms with van der Waals surface area (Å²) in [7, 11) is 1.12. The standard InChI is InChI=1S/C12H27N5O3/c1-17(19,20)9-11(14)15-6-4-5-10(13)12(18)16-7-2-3-8-16/h10-11,15,19H,2-9,13-14H2,1H3/t10-,11?/m0/s1. The van der Waals surface area contributed by atoms with Crippen molar-refractivity contribution in [2.75, 3.05) is 33.2 Å². The molecule has 0 aromatic heterocycles. The first-order chi connectivity index (χ1) is 9.29. The fourth-order valence-electron chi connectivity index (χ4n) is 2.33. The van der Waals surface area contributed by atoms with E-state index in [1.165, 1.54) is 0 Å². The summed E-state index contributed by atoms with van der Waals surface area (Å²) >= 11 is 0. The average Bonchev–Trinajstić information content (AvgIpc) is 2.84. The van der Waals surface area contributed by atoms with Gasteiger partial charge in [-0.1, -0.05) is 0 Å². The maximum absolute atomic E-state index is 11.9. The lowest BCUT2D eigenvalue weighted by Crippen LogP contribution is -2.51. The van der Waals surface area contributed by atoms with Gasteiger partial charge in [-0.15, -0.1) is 0 Å². The van der Waals surface area contributed by atoms with E-state index >= 15 is 0 Å². The first-order valence-electron chi connectivity index (χ1n) is 7.12. The quantitative estimate of drug-likeness (QED) is 0.195. The second kappa shape index (κ2) is 7.87. The SMILES string of the molecule is C[N+]([O-])(O)CC(N)NCCC[C@H](N)C(=O)N1CCCC1. The molecule has 0 spiro atoms. The van der Waals surface area contributed by atoms with Crippen molar-refractivity contribution < 1.29 is 14.8 Å². The number of amides is 1. The van der Waals surface area contributed by atoms with Crippen molar-refractivity contribution in [3.63, 3.8) is 0 Å². The average molecular weight is 289 g/mol. The molecule has 8 heteroatoms. The van der Waals surface area contributed by atoms with E-state index in [9.17, 15) is 10.0 Å². The predicted octanol–water partition coefficient (Wildman–Crippen LogP) is -1.08. The van der Waals surface area contributed by atoms with Crippen molar-refractivity contribution in [3.05, 3.63) is 5.21 Å². The molecule has 1 rings (SSSR count). The Balaban J connectivity index is 2.12. The van der Waals surface area contributed by atoms with Crippen LogP contribution < -0.4 is 16.8 Å². The van der Waals surface area contributed by atoms with Gasteiger partial charge < -0.3 is 21.6 Å². The molecule has 8 nitrogen and oxygen atoms in total. The van der Waals surface area contributed by atoms with Crippen molar-refractivity contribution >= 4 is 5.91 Å². The number of likely N-dealkylation sites (N-methyl/N-ethyl adjacent to an activating group) is 1. The molecule has 118 valence electrons. The van der Waals surface area contributed by atoms with Gasteiger partial charge in [-0.2, -0.15) is 0 Å². The maximum Gasteiger partial charge on any atom is 0.239 e. The molecule has 3 atom stereocenters. The topological polar surface area (TPSA) is 128 Å². The Morgan fingerprint density at radius 3 is 2.60 bits per heavy atom. The van der Waals surface area contributed by atoms with E-state index in [0.29, 0.717) is 19.4 Å². The summed E-state index contributed by atoms with van der Waals surface area (Å²) in [5.41, 5.74) is 11.5. The summed E-state index contributed by atoms with van der Waals surface area (Å²) < 4.78 is 0. The van der Waals surface area contributed by atoms with Crippen molar-refractivity contribution in [1.82, 2.24) is 10.2 Å². The normalized spacial score (nSPS) is 21.6. The van der Waals surface area contributed by atoms with Crippen molar-refractivity contribution in [1.29, 1.82) is 0 Å². The number of quaternary nitrogens is 1. The number of nitrogens with zero attached hydrogens (tertiary/aromatic N) is 2. The highest BCUT2D eigenvalue weighted by Crippen LogP contribution is 2.10. The number of carbonyl (C=O) groups is 1. The molecule has 0 aromatic carbocycles.